The van der Waals surface area contributed by atoms with Gasteiger partial charge >= 0.3 is 5.97 Å². The fraction of sp³-hybridized carbons (Fsp3) is 0.353. The number of carboxylic acids is 1. The highest BCUT2D eigenvalue weighted by Gasteiger charge is 2.17. The molecule has 1 aromatic heterocycles. The van der Waals surface area contributed by atoms with Crippen LogP contribution in [0.5, 0.6) is 5.75 Å². The molecule has 1 fully saturated rings. The summed E-state index contributed by atoms with van der Waals surface area (Å²) in [7, 11) is 0. The zero-order chi connectivity index (χ0) is 16.2. The zero-order valence-electron chi connectivity index (χ0n) is 12.6. The molecule has 4 nitrogen and oxygen atoms in total. The van der Waals surface area contributed by atoms with Crippen LogP contribution >= 0.6 is 27.3 Å². The second-order valence-electron chi connectivity index (χ2n) is 5.64. The Kier molecular flexibility index (Phi) is 5.35. The first-order chi connectivity index (χ1) is 11.1. The molecule has 3 rings (SSSR count). The zero-order valence-corrected chi connectivity index (χ0v) is 15.0. The van der Waals surface area contributed by atoms with E-state index >= 15 is 0 Å². The summed E-state index contributed by atoms with van der Waals surface area (Å²) in [5.41, 5.74) is 2.34. The SMILES string of the molecule is O=C(O)c1scc(Br)c1OCc1ccc(CN2CCCC2)cc1. The summed E-state index contributed by atoms with van der Waals surface area (Å²) in [6.45, 7) is 3.74. The fourth-order valence-electron chi connectivity index (χ4n) is 2.70. The van der Waals surface area contributed by atoms with Gasteiger partial charge in [0.1, 0.15) is 6.61 Å². The third-order valence-corrected chi connectivity index (χ3v) is 5.75. The number of halogens is 1. The number of likely N-dealkylation sites (tertiary alicyclic amines) is 1. The van der Waals surface area contributed by atoms with Crippen molar-refractivity contribution in [2.75, 3.05) is 13.1 Å². The maximum Gasteiger partial charge on any atom is 0.349 e. The van der Waals surface area contributed by atoms with Gasteiger partial charge in [0.2, 0.25) is 0 Å². The van der Waals surface area contributed by atoms with Gasteiger partial charge < -0.3 is 9.84 Å². The quantitative estimate of drug-likeness (QED) is 0.787. The Balaban J connectivity index is 1.60. The van der Waals surface area contributed by atoms with E-state index < -0.39 is 5.97 Å². The first-order valence-electron chi connectivity index (χ1n) is 7.57. The molecule has 1 aliphatic rings. The van der Waals surface area contributed by atoms with Crippen LogP contribution < -0.4 is 4.74 Å². The van der Waals surface area contributed by atoms with Crippen LogP contribution in [0.15, 0.2) is 34.1 Å². The van der Waals surface area contributed by atoms with E-state index in [1.165, 1.54) is 31.5 Å². The molecule has 1 N–H and O–H groups in total. The number of ether oxygens (including phenoxy) is 1. The molecule has 0 unspecified atom stereocenters. The highest BCUT2D eigenvalue weighted by molar-refractivity contribution is 9.10. The van der Waals surface area contributed by atoms with Crippen LogP contribution in [-0.2, 0) is 13.2 Å². The Bertz CT molecular complexity index is 678. The second kappa shape index (κ2) is 7.47. The van der Waals surface area contributed by atoms with Gasteiger partial charge in [-0.3, -0.25) is 4.90 Å². The lowest BCUT2D eigenvalue weighted by atomic mass is 10.1. The summed E-state index contributed by atoms with van der Waals surface area (Å²) in [4.78, 5) is 13.9. The molecule has 0 aliphatic carbocycles. The van der Waals surface area contributed by atoms with Crippen LogP contribution in [0.25, 0.3) is 0 Å². The van der Waals surface area contributed by atoms with Gasteiger partial charge in [0, 0.05) is 11.9 Å². The Labute approximate surface area is 147 Å². The number of rotatable bonds is 6. The monoisotopic (exact) mass is 395 g/mol. The molecule has 2 aromatic rings. The smallest absolute Gasteiger partial charge is 0.349 e. The van der Waals surface area contributed by atoms with Crippen molar-refractivity contribution >= 4 is 33.2 Å². The summed E-state index contributed by atoms with van der Waals surface area (Å²) in [5.74, 6) is -0.555. The summed E-state index contributed by atoms with van der Waals surface area (Å²) in [5, 5.41) is 10.9. The summed E-state index contributed by atoms with van der Waals surface area (Å²) in [6, 6.07) is 8.34. The van der Waals surface area contributed by atoms with Gasteiger partial charge in [-0.25, -0.2) is 4.79 Å². The molecule has 2 heterocycles. The third kappa shape index (κ3) is 4.13. The van der Waals surface area contributed by atoms with Crippen molar-refractivity contribution < 1.29 is 14.6 Å². The van der Waals surface area contributed by atoms with E-state index in [4.69, 9.17) is 9.84 Å². The molecule has 122 valence electrons. The maximum atomic E-state index is 11.2. The molecule has 1 aromatic carbocycles. The van der Waals surface area contributed by atoms with Crippen molar-refractivity contribution in [2.24, 2.45) is 0 Å². The molecular weight excluding hydrogens is 378 g/mol. The predicted octanol–water partition coefficient (Wildman–Crippen LogP) is 4.38. The Morgan fingerprint density at radius 3 is 2.52 bits per heavy atom. The van der Waals surface area contributed by atoms with Crippen molar-refractivity contribution in [3.63, 3.8) is 0 Å². The van der Waals surface area contributed by atoms with Gasteiger partial charge in [-0.2, -0.15) is 0 Å². The van der Waals surface area contributed by atoms with Crippen molar-refractivity contribution in [3.05, 3.63) is 50.1 Å². The number of hydrogen-bond acceptors (Lipinski definition) is 4. The molecule has 0 radical (unpaired) electrons. The molecule has 0 spiro atoms. The van der Waals surface area contributed by atoms with E-state index in [-0.39, 0.29) is 4.88 Å². The molecule has 23 heavy (non-hydrogen) atoms. The maximum absolute atomic E-state index is 11.2. The third-order valence-electron chi connectivity index (χ3n) is 3.91. The predicted molar refractivity (Wildman–Crippen MR) is 94.3 cm³/mol. The number of benzene rings is 1. The van der Waals surface area contributed by atoms with Gasteiger partial charge in [0.05, 0.1) is 4.47 Å². The summed E-state index contributed by atoms with van der Waals surface area (Å²) in [6.07, 6.45) is 2.60. The number of hydrogen-bond donors (Lipinski definition) is 1. The number of thiophene rings is 1. The van der Waals surface area contributed by atoms with Crippen molar-refractivity contribution in [3.8, 4) is 5.75 Å². The Morgan fingerprint density at radius 2 is 1.87 bits per heavy atom. The summed E-state index contributed by atoms with van der Waals surface area (Å²) >= 11 is 4.50. The summed E-state index contributed by atoms with van der Waals surface area (Å²) < 4.78 is 6.39. The molecule has 0 amide bonds. The first kappa shape index (κ1) is 16.5. The Hall–Kier alpha value is -1.37. The average Bonchev–Trinajstić information content (AvgIpc) is 3.16. The number of aromatic carboxylic acids is 1. The highest BCUT2D eigenvalue weighted by Crippen LogP contribution is 2.35. The van der Waals surface area contributed by atoms with E-state index in [9.17, 15) is 4.79 Å². The number of nitrogens with zero attached hydrogens (tertiary/aromatic N) is 1. The molecule has 0 saturated carbocycles. The van der Waals surface area contributed by atoms with Crippen LogP contribution in [0, 0.1) is 0 Å². The lowest BCUT2D eigenvalue weighted by molar-refractivity contribution is 0.0697. The van der Waals surface area contributed by atoms with Gasteiger partial charge in [0.15, 0.2) is 10.6 Å². The number of carbonyl (C=O) groups is 1. The van der Waals surface area contributed by atoms with Crippen LogP contribution in [0.3, 0.4) is 0 Å². The molecule has 6 heteroatoms. The van der Waals surface area contributed by atoms with Crippen molar-refractivity contribution in [1.82, 2.24) is 4.90 Å². The number of carboxylic acid groups (broad SMARTS) is 1. The van der Waals surface area contributed by atoms with E-state index in [1.54, 1.807) is 5.38 Å². The largest absolute Gasteiger partial charge is 0.486 e. The van der Waals surface area contributed by atoms with Gasteiger partial charge in [-0.1, -0.05) is 24.3 Å². The van der Waals surface area contributed by atoms with Crippen LogP contribution in [-0.4, -0.2) is 29.1 Å². The van der Waals surface area contributed by atoms with E-state index in [1.807, 2.05) is 12.1 Å². The van der Waals surface area contributed by atoms with Crippen molar-refractivity contribution in [2.45, 2.75) is 26.0 Å². The molecular formula is C17H18BrNO3S. The average molecular weight is 396 g/mol. The second-order valence-corrected chi connectivity index (χ2v) is 7.37. The minimum Gasteiger partial charge on any atom is -0.486 e. The minimum atomic E-state index is -0.961. The minimum absolute atomic E-state index is 0.225. The van der Waals surface area contributed by atoms with Crippen LogP contribution in [0.2, 0.25) is 0 Å². The lowest BCUT2D eigenvalue weighted by Crippen LogP contribution is -2.18. The molecule has 1 aliphatic heterocycles. The van der Waals surface area contributed by atoms with E-state index in [2.05, 4.69) is 33.0 Å². The van der Waals surface area contributed by atoms with Gasteiger partial charge in [-0.05, 0) is 53.0 Å². The first-order valence-corrected chi connectivity index (χ1v) is 9.24. The van der Waals surface area contributed by atoms with Crippen molar-refractivity contribution in [1.29, 1.82) is 0 Å². The van der Waals surface area contributed by atoms with Gasteiger partial charge in [0.25, 0.3) is 0 Å². The lowest BCUT2D eigenvalue weighted by Gasteiger charge is -2.14. The standard InChI is InChI=1S/C17H18BrNO3S/c18-14-11-23-16(17(20)21)15(14)22-10-13-5-3-12(4-6-13)9-19-7-1-2-8-19/h3-6,11H,1-2,7-10H2,(H,20,21). The highest BCUT2D eigenvalue weighted by atomic mass is 79.9. The topological polar surface area (TPSA) is 49.8 Å². The fourth-order valence-corrected chi connectivity index (χ4v) is 4.13. The van der Waals surface area contributed by atoms with E-state index in [0.717, 1.165) is 23.4 Å². The van der Waals surface area contributed by atoms with E-state index in [0.29, 0.717) is 16.8 Å². The molecule has 1 saturated heterocycles. The van der Waals surface area contributed by atoms with Gasteiger partial charge in [-0.15, -0.1) is 11.3 Å². The molecule has 0 atom stereocenters. The Morgan fingerprint density at radius 1 is 1.22 bits per heavy atom. The van der Waals surface area contributed by atoms with Crippen LogP contribution in [0.1, 0.15) is 33.6 Å². The van der Waals surface area contributed by atoms with Crippen LogP contribution in [0.4, 0.5) is 0 Å². The molecule has 0 bridgehead atoms. The normalized spacial score (nSPS) is 15.0.